The van der Waals surface area contributed by atoms with Crippen LogP contribution in [0.25, 0.3) is 11.1 Å². The summed E-state index contributed by atoms with van der Waals surface area (Å²) in [5.74, 6) is -0.871. The summed E-state index contributed by atoms with van der Waals surface area (Å²) in [5.41, 5.74) is 0.245. The Morgan fingerprint density at radius 2 is 1.78 bits per heavy atom. The van der Waals surface area contributed by atoms with Crippen LogP contribution >= 0.6 is 23.2 Å². The molecule has 3 rings (SSSR count). The van der Waals surface area contributed by atoms with Gasteiger partial charge in [0.2, 0.25) is 15.9 Å². The molecule has 7 nitrogen and oxygen atoms in total. The molecule has 0 aliphatic carbocycles. The Bertz CT molecular complexity index is 1260. The number of nitrogens with zero attached hydrogens (tertiary/aromatic N) is 1. The highest BCUT2D eigenvalue weighted by Crippen LogP contribution is 2.36. The summed E-state index contributed by atoms with van der Waals surface area (Å²) >= 11 is 12.1. The SMILES string of the molecule is CS(=O)(=O)NC(=O)c1ccc(-c2cnc(Oc3ccc(Cl)cc3)c(Cl)c2)c(OC(F)F)c1. The summed E-state index contributed by atoms with van der Waals surface area (Å²) in [5, 5.41) is 0.603. The Hall–Kier alpha value is -2.95. The van der Waals surface area contributed by atoms with Gasteiger partial charge in [0.05, 0.1) is 6.26 Å². The maximum Gasteiger partial charge on any atom is 0.387 e. The van der Waals surface area contributed by atoms with E-state index in [1.54, 1.807) is 29.0 Å². The molecule has 1 amide bonds. The topological polar surface area (TPSA) is 94.6 Å². The van der Waals surface area contributed by atoms with E-state index < -0.39 is 22.5 Å². The summed E-state index contributed by atoms with van der Waals surface area (Å²) < 4.78 is 60.3. The van der Waals surface area contributed by atoms with E-state index in [2.05, 4.69) is 9.72 Å². The first-order chi connectivity index (χ1) is 15.0. The van der Waals surface area contributed by atoms with E-state index in [-0.39, 0.29) is 27.8 Å². The number of alkyl halides is 2. The number of ether oxygens (including phenoxy) is 2. The van der Waals surface area contributed by atoms with Crippen molar-refractivity contribution in [2.75, 3.05) is 6.26 Å². The number of benzene rings is 2. The van der Waals surface area contributed by atoms with Gasteiger partial charge in [0.15, 0.2) is 0 Å². The molecule has 0 atom stereocenters. The number of halogens is 4. The van der Waals surface area contributed by atoms with E-state index in [1.165, 1.54) is 24.4 Å². The minimum atomic E-state index is -3.85. The van der Waals surface area contributed by atoms with Gasteiger partial charge in [-0.05, 0) is 48.5 Å². The second-order valence-corrected chi connectivity index (χ2v) is 8.95. The number of carbonyl (C=O) groups is 1. The van der Waals surface area contributed by atoms with Crippen molar-refractivity contribution >= 4 is 39.1 Å². The molecular formula is C20H14Cl2F2N2O5S. The third-order valence-corrected chi connectivity index (χ3v) is 4.96. The van der Waals surface area contributed by atoms with Crippen molar-refractivity contribution in [3.05, 3.63) is 70.3 Å². The van der Waals surface area contributed by atoms with E-state index in [0.717, 1.165) is 12.3 Å². The second-order valence-electron chi connectivity index (χ2n) is 6.36. The molecule has 0 aliphatic rings. The van der Waals surface area contributed by atoms with Gasteiger partial charge in [-0.15, -0.1) is 0 Å². The summed E-state index contributed by atoms with van der Waals surface area (Å²) in [4.78, 5) is 16.2. The van der Waals surface area contributed by atoms with Crippen molar-refractivity contribution in [1.29, 1.82) is 0 Å². The molecule has 1 aromatic heterocycles. The average Bonchev–Trinajstić information content (AvgIpc) is 2.69. The van der Waals surface area contributed by atoms with Crippen LogP contribution in [0.4, 0.5) is 8.78 Å². The Kier molecular flexibility index (Phi) is 7.17. The molecular weight excluding hydrogens is 489 g/mol. The summed E-state index contributed by atoms with van der Waals surface area (Å²) in [6.07, 6.45) is 2.11. The number of sulfonamides is 1. The molecule has 32 heavy (non-hydrogen) atoms. The van der Waals surface area contributed by atoms with Crippen LogP contribution in [0.5, 0.6) is 17.4 Å². The molecule has 12 heteroatoms. The van der Waals surface area contributed by atoms with Gasteiger partial charge in [0, 0.05) is 27.9 Å². The Morgan fingerprint density at radius 1 is 1.09 bits per heavy atom. The van der Waals surface area contributed by atoms with Crippen LogP contribution in [-0.4, -0.2) is 32.2 Å². The smallest absolute Gasteiger partial charge is 0.387 e. The fourth-order valence-corrected chi connectivity index (χ4v) is 3.37. The van der Waals surface area contributed by atoms with Crippen molar-refractivity contribution in [2.45, 2.75) is 6.61 Å². The average molecular weight is 503 g/mol. The van der Waals surface area contributed by atoms with Crippen molar-refractivity contribution < 1.29 is 31.5 Å². The molecule has 0 saturated carbocycles. The minimum absolute atomic E-state index is 0.0678. The largest absolute Gasteiger partial charge is 0.438 e. The van der Waals surface area contributed by atoms with Crippen molar-refractivity contribution in [3.8, 4) is 28.5 Å². The fraction of sp³-hybridized carbons (Fsp3) is 0.100. The van der Waals surface area contributed by atoms with Crippen molar-refractivity contribution in [3.63, 3.8) is 0 Å². The number of nitrogens with one attached hydrogen (secondary N) is 1. The van der Waals surface area contributed by atoms with Crippen LogP contribution in [0.3, 0.4) is 0 Å². The lowest BCUT2D eigenvalue weighted by Gasteiger charge is -2.14. The minimum Gasteiger partial charge on any atom is -0.438 e. The lowest BCUT2D eigenvalue weighted by atomic mass is 10.0. The monoisotopic (exact) mass is 502 g/mol. The number of rotatable bonds is 7. The Morgan fingerprint density at radius 3 is 2.38 bits per heavy atom. The number of hydrogen-bond donors (Lipinski definition) is 1. The summed E-state index contributed by atoms with van der Waals surface area (Å²) in [6.45, 7) is -3.20. The number of hydrogen-bond acceptors (Lipinski definition) is 6. The summed E-state index contributed by atoms with van der Waals surface area (Å²) in [7, 11) is -3.85. The molecule has 168 valence electrons. The Balaban J connectivity index is 1.94. The van der Waals surface area contributed by atoms with Crippen molar-refractivity contribution in [2.24, 2.45) is 0 Å². The molecule has 0 spiro atoms. The molecule has 0 fully saturated rings. The molecule has 1 N–H and O–H groups in total. The zero-order chi connectivity index (χ0) is 23.5. The fourth-order valence-electron chi connectivity index (χ4n) is 2.58. The number of pyridine rings is 1. The molecule has 0 bridgehead atoms. The third-order valence-electron chi connectivity index (χ3n) is 3.88. The van der Waals surface area contributed by atoms with Crippen LogP contribution in [0.1, 0.15) is 10.4 Å². The first-order valence-corrected chi connectivity index (χ1v) is 11.4. The van der Waals surface area contributed by atoms with Gasteiger partial charge >= 0.3 is 6.61 Å². The normalized spacial score (nSPS) is 11.3. The lowest BCUT2D eigenvalue weighted by Crippen LogP contribution is -2.29. The number of amides is 1. The molecule has 3 aromatic rings. The van der Waals surface area contributed by atoms with Crippen LogP contribution < -0.4 is 14.2 Å². The number of aromatic nitrogens is 1. The lowest BCUT2D eigenvalue weighted by molar-refractivity contribution is -0.0495. The van der Waals surface area contributed by atoms with Crippen LogP contribution in [-0.2, 0) is 10.0 Å². The first-order valence-electron chi connectivity index (χ1n) is 8.72. The molecule has 0 saturated heterocycles. The maximum absolute atomic E-state index is 12.9. The molecule has 2 aromatic carbocycles. The Labute approximate surface area is 191 Å². The van der Waals surface area contributed by atoms with E-state index >= 15 is 0 Å². The van der Waals surface area contributed by atoms with Gasteiger partial charge in [-0.2, -0.15) is 8.78 Å². The standard InChI is InChI=1S/C20H14Cl2F2N2O5S/c1-32(28,29)26-18(27)11-2-7-15(17(9-11)31-20(23)24)12-8-16(22)19(25-10-12)30-14-5-3-13(21)4-6-14/h2-10,20H,1H3,(H,26,27). The zero-order valence-corrected chi connectivity index (χ0v) is 18.5. The van der Waals surface area contributed by atoms with Gasteiger partial charge in [-0.3, -0.25) is 4.79 Å². The highest BCUT2D eigenvalue weighted by molar-refractivity contribution is 7.89. The predicted octanol–water partition coefficient (Wildman–Crippen LogP) is 5.14. The predicted molar refractivity (Wildman–Crippen MR) is 115 cm³/mol. The van der Waals surface area contributed by atoms with Gasteiger partial charge in [-0.25, -0.2) is 18.1 Å². The van der Waals surface area contributed by atoms with E-state index in [4.69, 9.17) is 27.9 Å². The maximum atomic E-state index is 12.9. The summed E-state index contributed by atoms with van der Waals surface area (Å²) in [6, 6.07) is 11.4. The third kappa shape index (κ3) is 6.28. The zero-order valence-electron chi connectivity index (χ0n) is 16.2. The van der Waals surface area contributed by atoms with Crippen LogP contribution in [0.2, 0.25) is 10.0 Å². The highest BCUT2D eigenvalue weighted by Gasteiger charge is 2.18. The van der Waals surface area contributed by atoms with Gasteiger partial charge in [-0.1, -0.05) is 23.2 Å². The van der Waals surface area contributed by atoms with Gasteiger partial charge in [0.1, 0.15) is 16.5 Å². The molecule has 0 unspecified atom stereocenters. The van der Waals surface area contributed by atoms with Crippen molar-refractivity contribution in [1.82, 2.24) is 9.71 Å². The first kappa shape index (κ1) is 23.7. The van der Waals surface area contributed by atoms with E-state index in [1.807, 2.05) is 0 Å². The highest BCUT2D eigenvalue weighted by atomic mass is 35.5. The second kappa shape index (κ2) is 9.68. The molecule has 0 aliphatic heterocycles. The molecule has 0 radical (unpaired) electrons. The van der Waals surface area contributed by atoms with E-state index in [0.29, 0.717) is 16.3 Å². The van der Waals surface area contributed by atoms with Crippen LogP contribution in [0.15, 0.2) is 54.7 Å². The number of carbonyl (C=O) groups excluding carboxylic acids is 1. The molecule has 1 heterocycles. The van der Waals surface area contributed by atoms with Gasteiger partial charge < -0.3 is 9.47 Å². The van der Waals surface area contributed by atoms with E-state index in [9.17, 15) is 22.0 Å². The van der Waals surface area contributed by atoms with Gasteiger partial charge in [0.25, 0.3) is 5.91 Å². The van der Waals surface area contributed by atoms with Crippen LogP contribution in [0, 0.1) is 0 Å². The quantitative estimate of drug-likeness (QED) is 0.480.